The minimum Gasteiger partial charge on any atom is -0.360 e. The third-order valence-corrected chi connectivity index (χ3v) is 3.95. The van der Waals surface area contributed by atoms with Gasteiger partial charge in [0.05, 0.1) is 0 Å². The second kappa shape index (κ2) is 7.65. The molecule has 1 N–H and O–H groups in total. The Morgan fingerprint density at radius 1 is 1.23 bits per heavy atom. The number of nitrogens with zero attached hydrogens (tertiary/aromatic N) is 2. The summed E-state index contributed by atoms with van der Waals surface area (Å²) in [7, 11) is 0. The zero-order valence-electron chi connectivity index (χ0n) is 13.3. The average molecular weight is 297 g/mol. The Hall–Kier alpha value is -2.28. The van der Waals surface area contributed by atoms with E-state index in [1.165, 1.54) is 11.8 Å². The van der Waals surface area contributed by atoms with Gasteiger partial charge in [0.25, 0.3) is 5.91 Å². The molecule has 1 aromatic rings. The molecule has 0 saturated carbocycles. The highest BCUT2D eigenvalue weighted by Gasteiger charge is 2.20. The zero-order chi connectivity index (χ0) is 15.9. The molecule has 0 spiro atoms. The number of anilines is 1. The normalized spacial score (nSPS) is 15.5. The van der Waals surface area contributed by atoms with E-state index >= 15 is 0 Å². The van der Waals surface area contributed by atoms with Gasteiger partial charge in [-0.05, 0) is 42.9 Å². The molecule has 1 aromatic carbocycles. The smallest absolute Gasteiger partial charge is 0.266 e. The molecule has 1 aliphatic heterocycles. The summed E-state index contributed by atoms with van der Waals surface area (Å²) in [5.74, 6) is 0.313. The van der Waals surface area contributed by atoms with Crippen LogP contribution in [0.3, 0.4) is 0 Å². The van der Waals surface area contributed by atoms with Gasteiger partial charge in [-0.3, -0.25) is 4.79 Å². The van der Waals surface area contributed by atoms with Crippen LogP contribution in [0.5, 0.6) is 0 Å². The van der Waals surface area contributed by atoms with E-state index < -0.39 is 0 Å². The maximum atomic E-state index is 12.3. The van der Waals surface area contributed by atoms with Crippen molar-refractivity contribution in [2.45, 2.75) is 39.0 Å². The first-order valence-corrected chi connectivity index (χ1v) is 7.88. The molecule has 1 amide bonds. The van der Waals surface area contributed by atoms with Crippen molar-refractivity contribution in [2.75, 3.05) is 18.4 Å². The third kappa shape index (κ3) is 4.11. The summed E-state index contributed by atoms with van der Waals surface area (Å²) >= 11 is 0. The third-order valence-electron chi connectivity index (χ3n) is 3.95. The molecule has 22 heavy (non-hydrogen) atoms. The number of amides is 1. The van der Waals surface area contributed by atoms with Crippen LogP contribution in [0.2, 0.25) is 0 Å². The van der Waals surface area contributed by atoms with Crippen molar-refractivity contribution in [3.63, 3.8) is 0 Å². The Morgan fingerprint density at radius 2 is 1.86 bits per heavy atom. The number of piperidine rings is 1. The Labute approximate surface area is 132 Å². The highest BCUT2D eigenvalue weighted by Crippen LogP contribution is 2.17. The summed E-state index contributed by atoms with van der Waals surface area (Å²) in [6.07, 6.45) is 4.72. The van der Waals surface area contributed by atoms with Crippen molar-refractivity contribution in [3.8, 4) is 6.07 Å². The number of nitrogens with one attached hydrogen (secondary N) is 1. The summed E-state index contributed by atoms with van der Waals surface area (Å²) in [5.41, 5.74) is 2.30. The molecule has 4 heteroatoms. The summed E-state index contributed by atoms with van der Waals surface area (Å²) in [4.78, 5) is 14.1. The predicted octanol–water partition coefficient (Wildman–Crippen LogP) is 3.64. The lowest BCUT2D eigenvalue weighted by atomic mass is 10.0. The van der Waals surface area contributed by atoms with Gasteiger partial charge in [0.1, 0.15) is 11.6 Å². The number of rotatable bonds is 4. The fourth-order valence-electron chi connectivity index (χ4n) is 2.53. The van der Waals surface area contributed by atoms with Gasteiger partial charge in [-0.15, -0.1) is 0 Å². The van der Waals surface area contributed by atoms with Crippen LogP contribution in [0.15, 0.2) is 36.0 Å². The Bertz CT molecular complexity index is 575. The number of carbonyl (C=O) groups is 1. The lowest BCUT2D eigenvalue weighted by Gasteiger charge is -2.26. The summed E-state index contributed by atoms with van der Waals surface area (Å²) in [5, 5.41) is 12.3. The van der Waals surface area contributed by atoms with Gasteiger partial charge in [-0.25, -0.2) is 0 Å². The fraction of sp³-hybridized carbons (Fsp3) is 0.444. The molecular formula is C18H23N3O. The van der Waals surface area contributed by atoms with Crippen LogP contribution in [0.25, 0.3) is 0 Å². The van der Waals surface area contributed by atoms with Crippen molar-refractivity contribution < 1.29 is 4.79 Å². The largest absolute Gasteiger partial charge is 0.360 e. The van der Waals surface area contributed by atoms with Gasteiger partial charge >= 0.3 is 0 Å². The van der Waals surface area contributed by atoms with Crippen LogP contribution in [0.1, 0.15) is 44.6 Å². The molecule has 2 rings (SSSR count). The van der Waals surface area contributed by atoms with Crippen molar-refractivity contribution in [3.05, 3.63) is 41.6 Å². The van der Waals surface area contributed by atoms with Crippen molar-refractivity contribution in [2.24, 2.45) is 0 Å². The lowest BCUT2D eigenvalue weighted by Crippen LogP contribution is -2.36. The first-order chi connectivity index (χ1) is 10.6. The van der Waals surface area contributed by atoms with Crippen molar-refractivity contribution >= 4 is 11.6 Å². The Balaban J connectivity index is 2.02. The molecule has 0 aliphatic carbocycles. The first-order valence-electron chi connectivity index (χ1n) is 7.88. The number of likely N-dealkylation sites (tertiary alicyclic amines) is 1. The standard InChI is InChI=1S/C18H23N3O/c1-14(2)15-6-8-17(9-7-15)20-13-16(12-19)18(22)21-10-4-3-5-11-21/h6-9,13-14,20H,3-5,10-11H2,1-2H3/b16-13-. The fourth-order valence-corrected chi connectivity index (χ4v) is 2.53. The van der Waals surface area contributed by atoms with Crippen LogP contribution in [-0.2, 0) is 4.79 Å². The second-order valence-electron chi connectivity index (χ2n) is 5.94. The van der Waals surface area contributed by atoms with Crippen LogP contribution < -0.4 is 5.32 Å². The van der Waals surface area contributed by atoms with Crippen molar-refractivity contribution in [1.82, 2.24) is 4.90 Å². The molecule has 0 radical (unpaired) electrons. The highest BCUT2D eigenvalue weighted by atomic mass is 16.2. The van der Waals surface area contributed by atoms with Gasteiger partial charge in [0.15, 0.2) is 0 Å². The minimum absolute atomic E-state index is 0.162. The summed E-state index contributed by atoms with van der Waals surface area (Å²) in [6, 6.07) is 10.0. The van der Waals surface area contributed by atoms with Crippen molar-refractivity contribution in [1.29, 1.82) is 5.26 Å². The molecule has 0 bridgehead atoms. The molecule has 1 aliphatic rings. The van der Waals surface area contributed by atoms with Gasteiger partial charge in [-0.1, -0.05) is 26.0 Å². The topological polar surface area (TPSA) is 56.1 Å². The molecule has 1 fully saturated rings. The first kappa shape index (κ1) is 16.1. The molecule has 0 aromatic heterocycles. The average Bonchev–Trinajstić information content (AvgIpc) is 2.56. The number of hydrogen-bond donors (Lipinski definition) is 1. The quantitative estimate of drug-likeness (QED) is 0.682. The predicted molar refractivity (Wildman–Crippen MR) is 88.3 cm³/mol. The van der Waals surface area contributed by atoms with Crippen LogP contribution in [0.4, 0.5) is 5.69 Å². The van der Waals surface area contributed by atoms with Gasteiger partial charge in [-0.2, -0.15) is 5.26 Å². The van der Waals surface area contributed by atoms with E-state index in [1.807, 2.05) is 18.2 Å². The molecule has 1 heterocycles. The monoisotopic (exact) mass is 297 g/mol. The molecule has 116 valence electrons. The number of nitriles is 1. The number of hydrogen-bond acceptors (Lipinski definition) is 3. The highest BCUT2D eigenvalue weighted by molar-refractivity contribution is 5.97. The van der Waals surface area contributed by atoms with E-state index in [2.05, 4.69) is 31.3 Å². The second-order valence-corrected chi connectivity index (χ2v) is 5.94. The molecule has 0 atom stereocenters. The summed E-state index contributed by atoms with van der Waals surface area (Å²) < 4.78 is 0. The maximum Gasteiger partial charge on any atom is 0.266 e. The van der Waals surface area contributed by atoms with E-state index in [1.54, 1.807) is 4.90 Å². The van der Waals surface area contributed by atoms with Gasteiger partial charge in [0.2, 0.25) is 0 Å². The number of carbonyl (C=O) groups excluding carboxylic acids is 1. The molecular weight excluding hydrogens is 274 g/mol. The van der Waals surface area contributed by atoms with E-state index in [4.69, 9.17) is 0 Å². The van der Waals surface area contributed by atoms with Gasteiger partial charge < -0.3 is 10.2 Å². The van der Waals surface area contributed by atoms with Crippen LogP contribution in [-0.4, -0.2) is 23.9 Å². The zero-order valence-corrected chi connectivity index (χ0v) is 13.3. The minimum atomic E-state index is -0.173. The Kier molecular flexibility index (Phi) is 5.60. The summed E-state index contributed by atoms with van der Waals surface area (Å²) in [6.45, 7) is 5.79. The SMILES string of the molecule is CC(C)c1ccc(N/C=C(/C#N)C(=O)N2CCCCC2)cc1. The lowest BCUT2D eigenvalue weighted by molar-refractivity contribution is -0.127. The molecule has 0 unspecified atom stereocenters. The number of benzene rings is 1. The van der Waals surface area contributed by atoms with E-state index in [0.29, 0.717) is 5.92 Å². The van der Waals surface area contributed by atoms with E-state index in [9.17, 15) is 10.1 Å². The van der Waals surface area contributed by atoms with Gasteiger partial charge in [0, 0.05) is 25.0 Å². The maximum absolute atomic E-state index is 12.3. The molecule has 4 nitrogen and oxygen atoms in total. The van der Waals surface area contributed by atoms with E-state index in [-0.39, 0.29) is 11.5 Å². The molecule has 1 saturated heterocycles. The Morgan fingerprint density at radius 3 is 2.41 bits per heavy atom. The van der Waals surface area contributed by atoms with E-state index in [0.717, 1.165) is 38.0 Å². The van der Waals surface area contributed by atoms with Crippen LogP contribution in [0, 0.1) is 11.3 Å². The van der Waals surface area contributed by atoms with Crippen LogP contribution >= 0.6 is 0 Å².